The number of nitrogens with one attached hydrogen (secondary N) is 1. The Morgan fingerprint density at radius 2 is 1.75 bits per heavy atom. The van der Waals surface area contributed by atoms with Gasteiger partial charge in [-0.05, 0) is 25.3 Å². The van der Waals surface area contributed by atoms with Crippen molar-refractivity contribution < 1.29 is 4.79 Å². The lowest BCUT2D eigenvalue weighted by atomic mass is 9.83. The summed E-state index contributed by atoms with van der Waals surface area (Å²) in [7, 11) is 0. The van der Waals surface area contributed by atoms with Crippen LogP contribution in [-0.4, -0.2) is 17.3 Å². The van der Waals surface area contributed by atoms with Crippen LogP contribution in [0.4, 0.5) is 0 Å². The summed E-state index contributed by atoms with van der Waals surface area (Å²) in [5.41, 5.74) is 0.549. The molecule has 0 radical (unpaired) electrons. The highest BCUT2D eigenvalue weighted by Crippen LogP contribution is 2.24. The van der Waals surface area contributed by atoms with E-state index in [0.717, 1.165) is 18.4 Å². The average Bonchev–Trinajstić information content (AvgIpc) is 2.46. The second-order valence-corrected chi connectivity index (χ2v) is 6.97. The van der Waals surface area contributed by atoms with E-state index in [1.807, 2.05) is 44.2 Å². The molecule has 1 N–H and O–H groups in total. The predicted octanol–water partition coefficient (Wildman–Crippen LogP) is 4.28. The molecule has 1 rings (SSSR count). The maximum absolute atomic E-state index is 12.4. The van der Waals surface area contributed by atoms with Crippen molar-refractivity contribution in [2.24, 2.45) is 5.92 Å². The van der Waals surface area contributed by atoms with Gasteiger partial charge < -0.3 is 5.32 Å². The summed E-state index contributed by atoms with van der Waals surface area (Å²) in [6.45, 7) is 9.01. The van der Waals surface area contributed by atoms with Crippen molar-refractivity contribution >= 4 is 21.8 Å². The molecular weight excluding hydrogens is 314 g/mol. The highest BCUT2D eigenvalue weighted by atomic mass is 79.9. The third-order valence-corrected chi connectivity index (χ3v) is 5.15. The SMILES string of the molecule is CCC(CC)C(Br)CNC(=O)C(C)(C)c1ccccc1. The van der Waals surface area contributed by atoms with Crippen molar-refractivity contribution in [3.8, 4) is 0 Å². The minimum absolute atomic E-state index is 0.0825. The molecule has 0 bridgehead atoms. The topological polar surface area (TPSA) is 29.1 Å². The van der Waals surface area contributed by atoms with E-state index in [1.54, 1.807) is 0 Å². The highest BCUT2D eigenvalue weighted by molar-refractivity contribution is 9.09. The molecule has 0 heterocycles. The highest BCUT2D eigenvalue weighted by Gasteiger charge is 2.30. The third-order valence-electron chi connectivity index (χ3n) is 4.08. The summed E-state index contributed by atoms with van der Waals surface area (Å²) in [6, 6.07) is 9.93. The Morgan fingerprint density at radius 1 is 1.20 bits per heavy atom. The van der Waals surface area contributed by atoms with Gasteiger partial charge in [-0.15, -0.1) is 0 Å². The van der Waals surface area contributed by atoms with Gasteiger partial charge in [0, 0.05) is 11.4 Å². The Hall–Kier alpha value is -0.830. The van der Waals surface area contributed by atoms with E-state index in [1.165, 1.54) is 0 Å². The smallest absolute Gasteiger partial charge is 0.230 e. The molecule has 1 aromatic rings. The first-order valence-electron chi connectivity index (χ1n) is 7.41. The standard InChI is InChI=1S/C17H26BrNO/c1-5-13(6-2)15(18)12-19-16(20)17(3,4)14-10-8-7-9-11-14/h7-11,13,15H,5-6,12H2,1-4H3,(H,19,20). The van der Waals surface area contributed by atoms with Crippen LogP contribution in [0.2, 0.25) is 0 Å². The van der Waals surface area contributed by atoms with Crippen LogP contribution in [0.25, 0.3) is 0 Å². The third kappa shape index (κ3) is 4.34. The van der Waals surface area contributed by atoms with E-state index in [-0.39, 0.29) is 5.91 Å². The summed E-state index contributed by atoms with van der Waals surface area (Å²) in [4.78, 5) is 12.8. The molecule has 20 heavy (non-hydrogen) atoms. The summed E-state index contributed by atoms with van der Waals surface area (Å²) in [6.07, 6.45) is 2.26. The van der Waals surface area contributed by atoms with E-state index in [2.05, 4.69) is 35.1 Å². The zero-order chi connectivity index (χ0) is 15.2. The fourth-order valence-corrected chi connectivity index (χ4v) is 3.27. The number of halogens is 1. The summed E-state index contributed by atoms with van der Waals surface area (Å²) >= 11 is 3.70. The summed E-state index contributed by atoms with van der Waals surface area (Å²) in [5, 5.41) is 3.08. The second kappa shape index (κ2) is 7.82. The molecule has 0 spiro atoms. The Labute approximate surface area is 131 Å². The van der Waals surface area contributed by atoms with E-state index in [4.69, 9.17) is 0 Å². The van der Waals surface area contributed by atoms with Gasteiger partial charge in [0.1, 0.15) is 0 Å². The Bertz CT molecular complexity index is 412. The molecule has 1 atom stereocenters. The number of hydrogen-bond donors (Lipinski definition) is 1. The maximum atomic E-state index is 12.4. The zero-order valence-corrected chi connectivity index (χ0v) is 14.5. The number of amides is 1. The van der Waals surface area contributed by atoms with Crippen molar-refractivity contribution in [3.63, 3.8) is 0 Å². The molecule has 112 valence electrons. The Balaban J connectivity index is 2.62. The van der Waals surface area contributed by atoms with Crippen LogP contribution in [0.1, 0.15) is 46.1 Å². The number of alkyl halides is 1. The minimum Gasteiger partial charge on any atom is -0.354 e. The monoisotopic (exact) mass is 339 g/mol. The van der Waals surface area contributed by atoms with Crippen LogP contribution in [0.3, 0.4) is 0 Å². The number of rotatable bonds is 7. The van der Waals surface area contributed by atoms with Gasteiger partial charge in [0.2, 0.25) is 5.91 Å². The predicted molar refractivity (Wildman–Crippen MR) is 89.3 cm³/mol. The minimum atomic E-state index is -0.498. The zero-order valence-electron chi connectivity index (χ0n) is 12.9. The molecule has 0 saturated carbocycles. The van der Waals surface area contributed by atoms with Gasteiger partial charge in [0.15, 0.2) is 0 Å². The van der Waals surface area contributed by atoms with Gasteiger partial charge in [-0.25, -0.2) is 0 Å². The van der Waals surface area contributed by atoms with Crippen molar-refractivity contribution in [2.75, 3.05) is 6.54 Å². The van der Waals surface area contributed by atoms with Crippen LogP contribution in [0.5, 0.6) is 0 Å². The molecule has 0 fully saturated rings. The van der Waals surface area contributed by atoms with Gasteiger partial charge >= 0.3 is 0 Å². The molecule has 1 aromatic carbocycles. The van der Waals surface area contributed by atoms with Crippen molar-refractivity contribution in [1.29, 1.82) is 0 Å². The quantitative estimate of drug-likeness (QED) is 0.738. The molecule has 2 nitrogen and oxygen atoms in total. The molecule has 1 amide bonds. The fourth-order valence-electron chi connectivity index (χ4n) is 2.36. The molecule has 0 aliphatic carbocycles. The summed E-state index contributed by atoms with van der Waals surface area (Å²) in [5.74, 6) is 0.689. The van der Waals surface area contributed by atoms with Gasteiger partial charge in [0.25, 0.3) is 0 Å². The lowest BCUT2D eigenvalue weighted by Crippen LogP contribution is -2.43. The van der Waals surface area contributed by atoms with Crippen LogP contribution < -0.4 is 5.32 Å². The number of carbonyl (C=O) groups is 1. The molecule has 0 aliphatic heterocycles. The molecule has 0 saturated heterocycles. The van der Waals surface area contributed by atoms with Crippen molar-refractivity contribution in [2.45, 2.75) is 50.8 Å². The molecule has 0 aliphatic rings. The van der Waals surface area contributed by atoms with Gasteiger partial charge in [-0.2, -0.15) is 0 Å². The lowest BCUT2D eigenvalue weighted by Gasteiger charge is -2.26. The Morgan fingerprint density at radius 3 is 2.25 bits per heavy atom. The van der Waals surface area contributed by atoms with Crippen molar-refractivity contribution in [1.82, 2.24) is 5.32 Å². The normalized spacial score (nSPS) is 13.3. The number of hydrogen-bond acceptors (Lipinski definition) is 1. The first-order valence-corrected chi connectivity index (χ1v) is 8.32. The largest absolute Gasteiger partial charge is 0.354 e. The Kier molecular flexibility index (Phi) is 6.74. The van der Waals surface area contributed by atoms with Crippen molar-refractivity contribution in [3.05, 3.63) is 35.9 Å². The van der Waals surface area contributed by atoms with E-state index < -0.39 is 5.41 Å². The second-order valence-electron chi connectivity index (χ2n) is 5.79. The van der Waals surface area contributed by atoms with E-state index in [0.29, 0.717) is 17.3 Å². The van der Waals surface area contributed by atoms with Gasteiger partial charge in [-0.3, -0.25) is 4.79 Å². The maximum Gasteiger partial charge on any atom is 0.230 e. The summed E-state index contributed by atoms with van der Waals surface area (Å²) < 4.78 is 0. The molecule has 1 unspecified atom stereocenters. The molecule has 3 heteroatoms. The van der Waals surface area contributed by atoms with E-state index >= 15 is 0 Å². The first kappa shape index (κ1) is 17.2. The van der Waals surface area contributed by atoms with Gasteiger partial charge in [-0.1, -0.05) is 73.0 Å². The number of benzene rings is 1. The van der Waals surface area contributed by atoms with Crippen LogP contribution in [0, 0.1) is 5.92 Å². The molecule has 0 aromatic heterocycles. The first-order chi connectivity index (χ1) is 9.43. The average molecular weight is 340 g/mol. The fraction of sp³-hybridized carbons (Fsp3) is 0.588. The van der Waals surface area contributed by atoms with Crippen LogP contribution in [0.15, 0.2) is 30.3 Å². The molecular formula is C17H26BrNO. The van der Waals surface area contributed by atoms with Crippen LogP contribution in [-0.2, 0) is 10.2 Å². The van der Waals surface area contributed by atoms with Gasteiger partial charge in [0.05, 0.1) is 5.41 Å². The lowest BCUT2D eigenvalue weighted by molar-refractivity contribution is -0.125. The van der Waals surface area contributed by atoms with E-state index in [9.17, 15) is 4.79 Å². The number of carbonyl (C=O) groups excluding carboxylic acids is 1. The van der Waals surface area contributed by atoms with Crippen LogP contribution >= 0.6 is 15.9 Å².